The molecular formula is C11H12F5NO5Si. The van der Waals surface area contributed by atoms with Gasteiger partial charge in [0.1, 0.15) is 0 Å². The summed E-state index contributed by atoms with van der Waals surface area (Å²) in [5, 5.41) is -1.67. The van der Waals surface area contributed by atoms with E-state index in [1.807, 2.05) is 0 Å². The van der Waals surface area contributed by atoms with Gasteiger partial charge in [0.05, 0.1) is 0 Å². The van der Waals surface area contributed by atoms with Crippen molar-refractivity contribution in [1.82, 2.24) is 5.12 Å². The van der Waals surface area contributed by atoms with Crippen LogP contribution in [0.25, 0.3) is 0 Å². The molecule has 0 fully saturated rings. The van der Waals surface area contributed by atoms with Crippen LogP contribution in [0.1, 0.15) is 0 Å². The first-order valence-electron chi connectivity index (χ1n) is 5.82. The maximum Gasteiger partial charge on any atom is 0.602 e. The van der Waals surface area contributed by atoms with E-state index in [0.717, 1.165) is 33.5 Å². The molecule has 1 rings (SSSR count). The van der Waals surface area contributed by atoms with Gasteiger partial charge >= 0.3 is 20.6 Å². The predicted molar refractivity (Wildman–Crippen MR) is 67.1 cm³/mol. The molecule has 23 heavy (non-hydrogen) atoms. The highest BCUT2D eigenvalue weighted by molar-refractivity contribution is 6.63. The fraction of sp³-hybridized carbons (Fsp3) is 0.364. The molecule has 0 heterocycles. The van der Waals surface area contributed by atoms with Crippen LogP contribution >= 0.6 is 0 Å². The first kappa shape index (κ1) is 19.3. The molecule has 1 aromatic rings. The number of ether oxygens (including phenoxy) is 1. The van der Waals surface area contributed by atoms with E-state index < -0.39 is 43.1 Å². The molecule has 0 atom stereocenters. The number of hydrogen-bond donors (Lipinski definition) is 0. The van der Waals surface area contributed by atoms with Crippen LogP contribution in [-0.4, -0.2) is 47.0 Å². The summed E-state index contributed by atoms with van der Waals surface area (Å²) in [6, 6.07) is 2.36. The van der Waals surface area contributed by atoms with Crippen LogP contribution in [0.4, 0.5) is 26.8 Å². The molecule has 0 aromatic heterocycles. The monoisotopic (exact) mass is 361 g/mol. The lowest BCUT2D eigenvalue weighted by molar-refractivity contribution is -0.193. The molecule has 0 saturated heterocycles. The van der Waals surface area contributed by atoms with Crippen LogP contribution in [-0.2, 0) is 13.3 Å². The lowest BCUT2D eigenvalue weighted by Crippen LogP contribution is -2.66. The molecule has 130 valence electrons. The molecule has 1 aromatic carbocycles. The van der Waals surface area contributed by atoms with Crippen LogP contribution in [0.3, 0.4) is 0 Å². The van der Waals surface area contributed by atoms with Crippen molar-refractivity contribution >= 4 is 14.9 Å². The Kier molecular flexibility index (Phi) is 6.04. The summed E-state index contributed by atoms with van der Waals surface area (Å²) in [5.41, 5.74) is -4.69. The summed E-state index contributed by atoms with van der Waals surface area (Å²) in [6.45, 7) is 0. The first-order valence-corrected chi connectivity index (χ1v) is 7.54. The van der Waals surface area contributed by atoms with Crippen LogP contribution in [0.2, 0.25) is 0 Å². The molecule has 0 aliphatic heterocycles. The van der Waals surface area contributed by atoms with Crippen molar-refractivity contribution in [2.24, 2.45) is 0 Å². The molecule has 6 nitrogen and oxygen atoms in total. The number of hydrogen-bond acceptors (Lipinski definition) is 5. The Morgan fingerprint density at radius 3 is 2.13 bits per heavy atom. The highest BCUT2D eigenvalue weighted by Crippen LogP contribution is 2.34. The highest BCUT2D eigenvalue weighted by Gasteiger charge is 2.70. The maximum atomic E-state index is 14.0. The van der Waals surface area contributed by atoms with E-state index >= 15 is 0 Å². The number of rotatable bonds is 6. The number of benzene rings is 1. The second-order valence-electron chi connectivity index (χ2n) is 3.91. The fourth-order valence-electron chi connectivity index (χ4n) is 1.55. The Morgan fingerprint density at radius 1 is 1.13 bits per heavy atom. The van der Waals surface area contributed by atoms with Crippen molar-refractivity contribution in [3.05, 3.63) is 29.8 Å². The SMILES string of the molecule is CO[Si](OC)(OC)C(F)(F)N(F)C(=O)Oc1cccc(F)c1F. The first-order chi connectivity index (χ1) is 10.7. The summed E-state index contributed by atoms with van der Waals surface area (Å²) >= 11 is 0. The third-order valence-electron chi connectivity index (χ3n) is 2.69. The van der Waals surface area contributed by atoms with Gasteiger partial charge in [0, 0.05) is 21.3 Å². The van der Waals surface area contributed by atoms with Crippen molar-refractivity contribution in [2.45, 2.75) is 5.67 Å². The molecule has 0 unspecified atom stereocenters. The molecule has 0 bridgehead atoms. The number of nitrogens with zero attached hydrogens (tertiary/aromatic N) is 1. The normalized spacial score (nSPS) is 12.2. The van der Waals surface area contributed by atoms with Crippen LogP contribution in [0.15, 0.2) is 18.2 Å². The Labute approximate surface area is 128 Å². The largest absolute Gasteiger partial charge is 0.602 e. The Bertz CT molecular complexity index is 563. The summed E-state index contributed by atoms with van der Waals surface area (Å²) in [5.74, 6) is -4.14. The molecule has 0 aliphatic carbocycles. The Morgan fingerprint density at radius 2 is 1.65 bits per heavy atom. The standard InChI is InChI=1S/C11H12F5NO5Si/c1-19-23(20-2,21-3)11(14,15)17(16)10(18)22-8-6-4-5-7(12)9(8)13/h4-6H,1-3H3. The van der Waals surface area contributed by atoms with E-state index in [9.17, 15) is 26.8 Å². The molecule has 12 heteroatoms. The van der Waals surface area contributed by atoms with Gasteiger partial charge in [0.2, 0.25) is 5.82 Å². The summed E-state index contributed by atoms with van der Waals surface area (Å²) < 4.78 is 85.3. The van der Waals surface area contributed by atoms with Gasteiger partial charge in [-0.3, -0.25) is 0 Å². The maximum absolute atomic E-state index is 14.0. The number of amides is 1. The molecule has 0 aliphatic rings. The summed E-state index contributed by atoms with van der Waals surface area (Å²) in [6.07, 6.45) is -2.32. The van der Waals surface area contributed by atoms with E-state index in [2.05, 4.69) is 18.0 Å². The highest BCUT2D eigenvalue weighted by atomic mass is 28.4. The molecule has 0 spiro atoms. The Hall–Kier alpha value is -1.76. The molecular weight excluding hydrogens is 349 g/mol. The second kappa shape index (κ2) is 7.21. The van der Waals surface area contributed by atoms with Gasteiger partial charge in [0.25, 0.3) is 0 Å². The Balaban J connectivity index is 3.05. The quantitative estimate of drug-likeness (QED) is 0.337. The third kappa shape index (κ3) is 3.44. The third-order valence-corrected chi connectivity index (χ3v) is 5.24. The van der Waals surface area contributed by atoms with Gasteiger partial charge in [-0.2, -0.15) is 13.2 Å². The van der Waals surface area contributed by atoms with Gasteiger partial charge in [-0.1, -0.05) is 15.7 Å². The van der Waals surface area contributed by atoms with E-state index in [1.165, 1.54) is 0 Å². The number of carbonyl (C=O) groups excluding carboxylic acids is 1. The zero-order chi connectivity index (χ0) is 17.8. The second-order valence-corrected chi connectivity index (χ2v) is 6.85. The fourth-order valence-corrected chi connectivity index (χ4v) is 3.12. The van der Waals surface area contributed by atoms with Crippen LogP contribution in [0.5, 0.6) is 5.75 Å². The van der Waals surface area contributed by atoms with Gasteiger partial charge < -0.3 is 18.0 Å². The minimum absolute atomic E-state index is 0.688. The van der Waals surface area contributed by atoms with Gasteiger partial charge in [-0.15, -0.1) is 0 Å². The number of halogens is 5. The van der Waals surface area contributed by atoms with Crippen LogP contribution in [0, 0.1) is 11.6 Å². The van der Waals surface area contributed by atoms with Crippen LogP contribution < -0.4 is 4.74 Å². The van der Waals surface area contributed by atoms with E-state index in [4.69, 9.17) is 0 Å². The van der Waals surface area contributed by atoms with Gasteiger partial charge in [-0.05, 0) is 12.1 Å². The molecule has 0 radical (unpaired) electrons. The molecule has 0 saturated carbocycles. The zero-order valence-corrected chi connectivity index (χ0v) is 13.1. The smallest absolute Gasteiger partial charge is 0.405 e. The summed E-state index contributed by atoms with van der Waals surface area (Å²) in [4.78, 5) is 11.4. The van der Waals surface area contributed by atoms with Crippen molar-refractivity contribution < 1.29 is 44.9 Å². The van der Waals surface area contributed by atoms with E-state index in [1.54, 1.807) is 0 Å². The zero-order valence-electron chi connectivity index (χ0n) is 12.1. The molecule has 1 amide bonds. The van der Waals surface area contributed by atoms with Crippen molar-refractivity contribution in [3.8, 4) is 5.75 Å². The number of carbonyl (C=O) groups is 1. The topological polar surface area (TPSA) is 57.2 Å². The minimum Gasteiger partial charge on any atom is -0.405 e. The summed E-state index contributed by atoms with van der Waals surface area (Å²) in [7, 11) is -2.68. The number of alkyl halides is 2. The predicted octanol–water partition coefficient (Wildman–Crippen LogP) is 2.66. The average molecular weight is 361 g/mol. The minimum atomic E-state index is -4.96. The van der Waals surface area contributed by atoms with Crippen molar-refractivity contribution in [2.75, 3.05) is 21.3 Å². The average Bonchev–Trinajstić information content (AvgIpc) is 2.53. The van der Waals surface area contributed by atoms with E-state index in [0.29, 0.717) is 6.07 Å². The van der Waals surface area contributed by atoms with Gasteiger partial charge in [-0.25, -0.2) is 9.18 Å². The van der Waals surface area contributed by atoms with Gasteiger partial charge in [0.15, 0.2) is 11.6 Å². The van der Waals surface area contributed by atoms with Crippen molar-refractivity contribution in [3.63, 3.8) is 0 Å². The lowest BCUT2D eigenvalue weighted by Gasteiger charge is -2.33. The lowest BCUT2D eigenvalue weighted by atomic mass is 10.3. The molecule has 0 N–H and O–H groups in total. The van der Waals surface area contributed by atoms with Crippen molar-refractivity contribution in [1.29, 1.82) is 0 Å². The van der Waals surface area contributed by atoms with E-state index in [-0.39, 0.29) is 0 Å².